The molecule has 0 amide bonds. The fourth-order valence-electron chi connectivity index (χ4n) is 1.67. The van der Waals surface area contributed by atoms with Crippen LogP contribution >= 0.6 is 0 Å². The molecule has 0 atom stereocenters. The zero-order chi connectivity index (χ0) is 10.2. The monoisotopic (exact) mass is 211 g/mol. The summed E-state index contributed by atoms with van der Waals surface area (Å²) in [6.45, 7) is 0. The van der Waals surface area contributed by atoms with Crippen molar-refractivity contribution >= 4 is 10.0 Å². The maximum absolute atomic E-state index is 11.0. The molecule has 0 radical (unpaired) electrons. The minimum absolute atomic E-state index is 0.195. The Kier molecular flexibility index (Phi) is 2.33. The molecule has 14 heavy (non-hydrogen) atoms. The molecule has 0 heterocycles. The van der Waals surface area contributed by atoms with Crippen molar-refractivity contribution in [2.24, 2.45) is 5.14 Å². The molecule has 0 spiro atoms. The number of primary sulfonamides is 1. The van der Waals surface area contributed by atoms with E-state index in [0.29, 0.717) is 5.92 Å². The third-order valence-electron chi connectivity index (χ3n) is 2.79. The summed E-state index contributed by atoms with van der Waals surface area (Å²) < 4.78 is 22.0. The van der Waals surface area contributed by atoms with Gasteiger partial charge in [0.15, 0.2) is 0 Å². The van der Waals surface area contributed by atoms with E-state index in [1.54, 1.807) is 12.1 Å². The molecule has 4 heteroatoms. The van der Waals surface area contributed by atoms with Crippen molar-refractivity contribution in [1.82, 2.24) is 0 Å². The van der Waals surface area contributed by atoms with Gasteiger partial charge in [-0.15, -0.1) is 0 Å². The van der Waals surface area contributed by atoms with Crippen molar-refractivity contribution in [3.05, 3.63) is 29.8 Å². The summed E-state index contributed by atoms with van der Waals surface area (Å²) in [5.74, 6) is 0.629. The van der Waals surface area contributed by atoms with Gasteiger partial charge in [-0.25, -0.2) is 13.6 Å². The van der Waals surface area contributed by atoms with Gasteiger partial charge in [-0.1, -0.05) is 18.6 Å². The number of hydrogen-bond acceptors (Lipinski definition) is 2. The summed E-state index contributed by atoms with van der Waals surface area (Å²) in [5.41, 5.74) is 1.23. The summed E-state index contributed by atoms with van der Waals surface area (Å²) in [4.78, 5) is 0.195. The number of nitrogens with two attached hydrogens (primary N) is 1. The molecule has 2 rings (SSSR count). The number of benzene rings is 1. The molecule has 0 saturated heterocycles. The third kappa shape index (κ3) is 1.81. The first-order valence-electron chi connectivity index (χ1n) is 4.70. The van der Waals surface area contributed by atoms with Crippen LogP contribution in [-0.2, 0) is 10.0 Å². The van der Waals surface area contributed by atoms with E-state index in [4.69, 9.17) is 5.14 Å². The molecule has 1 aromatic rings. The van der Waals surface area contributed by atoms with Gasteiger partial charge < -0.3 is 0 Å². The standard InChI is InChI=1S/C10H13NO2S/c11-14(12,13)10-6-4-9(5-7-10)8-2-1-3-8/h4-8H,1-3H2,(H2,11,12,13). The van der Waals surface area contributed by atoms with Crippen LogP contribution in [0.2, 0.25) is 0 Å². The lowest BCUT2D eigenvalue weighted by Gasteiger charge is -2.25. The Bertz CT molecular complexity index is 418. The van der Waals surface area contributed by atoms with Gasteiger partial charge in [-0.3, -0.25) is 0 Å². The maximum atomic E-state index is 11.0. The normalized spacial score (nSPS) is 17.8. The van der Waals surface area contributed by atoms with E-state index in [9.17, 15) is 8.42 Å². The third-order valence-corrected chi connectivity index (χ3v) is 3.71. The van der Waals surface area contributed by atoms with Crippen LogP contribution < -0.4 is 5.14 Å². The van der Waals surface area contributed by atoms with Gasteiger partial charge in [0, 0.05) is 0 Å². The first-order chi connectivity index (χ1) is 6.57. The summed E-state index contributed by atoms with van der Waals surface area (Å²) in [6, 6.07) is 6.90. The van der Waals surface area contributed by atoms with Gasteiger partial charge in [0.2, 0.25) is 10.0 Å². The van der Waals surface area contributed by atoms with E-state index in [0.717, 1.165) is 0 Å². The smallest absolute Gasteiger partial charge is 0.225 e. The average Bonchev–Trinajstić information content (AvgIpc) is 2.00. The van der Waals surface area contributed by atoms with E-state index in [1.807, 2.05) is 12.1 Å². The highest BCUT2D eigenvalue weighted by molar-refractivity contribution is 7.89. The fourth-order valence-corrected chi connectivity index (χ4v) is 2.19. The van der Waals surface area contributed by atoms with Gasteiger partial charge in [0.25, 0.3) is 0 Å². The lowest BCUT2D eigenvalue weighted by Crippen LogP contribution is -2.13. The largest absolute Gasteiger partial charge is 0.238 e. The van der Waals surface area contributed by atoms with Gasteiger partial charge >= 0.3 is 0 Å². The van der Waals surface area contributed by atoms with E-state index in [2.05, 4.69) is 0 Å². The van der Waals surface area contributed by atoms with Crippen LogP contribution in [0.15, 0.2) is 29.2 Å². The SMILES string of the molecule is NS(=O)(=O)c1ccc(C2CCC2)cc1. The lowest BCUT2D eigenvalue weighted by molar-refractivity contribution is 0.419. The first kappa shape index (κ1) is 9.68. The van der Waals surface area contributed by atoms with Crippen LogP contribution in [0.1, 0.15) is 30.7 Å². The Balaban J connectivity index is 2.26. The zero-order valence-electron chi connectivity index (χ0n) is 7.81. The van der Waals surface area contributed by atoms with Crippen molar-refractivity contribution in [2.75, 3.05) is 0 Å². The topological polar surface area (TPSA) is 60.2 Å². The van der Waals surface area contributed by atoms with Gasteiger partial charge in [-0.05, 0) is 36.5 Å². The molecule has 0 unspecified atom stereocenters. The quantitative estimate of drug-likeness (QED) is 0.807. The Morgan fingerprint density at radius 2 is 1.71 bits per heavy atom. The second-order valence-corrected chi connectivity index (χ2v) is 5.30. The Labute approximate surface area is 84.0 Å². The number of rotatable bonds is 2. The van der Waals surface area contributed by atoms with Crippen molar-refractivity contribution in [1.29, 1.82) is 0 Å². The highest BCUT2D eigenvalue weighted by Crippen LogP contribution is 2.36. The predicted octanol–water partition coefficient (Wildman–Crippen LogP) is 1.60. The highest BCUT2D eigenvalue weighted by atomic mass is 32.2. The van der Waals surface area contributed by atoms with E-state index in [-0.39, 0.29) is 4.90 Å². The zero-order valence-corrected chi connectivity index (χ0v) is 8.63. The van der Waals surface area contributed by atoms with Crippen LogP contribution in [0.5, 0.6) is 0 Å². The van der Waals surface area contributed by atoms with E-state index < -0.39 is 10.0 Å². The minimum atomic E-state index is -3.53. The number of hydrogen-bond donors (Lipinski definition) is 1. The van der Waals surface area contributed by atoms with E-state index in [1.165, 1.54) is 24.8 Å². The van der Waals surface area contributed by atoms with Crippen molar-refractivity contribution < 1.29 is 8.42 Å². The maximum Gasteiger partial charge on any atom is 0.238 e. The molecule has 0 aromatic heterocycles. The predicted molar refractivity (Wildman–Crippen MR) is 54.4 cm³/mol. The molecule has 0 bridgehead atoms. The molecular weight excluding hydrogens is 198 g/mol. The second kappa shape index (κ2) is 3.37. The van der Waals surface area contributed by atoms with Crippen LogP contribution in [-0.4, -0.2) is 8.42 Å². The molecule has 1 aliphatic rings. The van der Waals surface area contributed by atoms with Gasteiger partial charge in [0.1, 0.15) is 0 Å². The average molecular weight is 211 g/mol. The highest BCUT2D eigenvalue weighted by Gasteiger charge is 2.19. The molecular formula is C10H13NO2S. The fraction of sp³-hybridized carbons (Fsp3) is 0.400. The minimum Gasteiger partial charge on any atom is -0.225 e. The Morgan fingerprint density at radius 3 is 2.07 bits per heavy atom. The summed E-state index contributed by atoms with van der Waals surface area (Å²) in [7, 11) is -3.53. The molecule has 1 aliphatic carbocycles. The molecule has 76 valence electrons. The summed E-state index contributed by atoms with van der Waals surface area (Å²) in [5, 5.41) is 5.00. The van der Waals surface area contributed by atoms with Gasteiger partial charge in [-0.2, -0.15) is 0 Å². The summed E-state index contributed by atoms with van der Waals surface area (Å²) >= 11 is 0. The number of sulfonamides is 1. The molecule has 2 N–H and O–H groups in total. The second-order valence-electron chi connectivity index (χ2n) is 3.74. The lowest BCUT2D eigenvalue weighted by atomic mass is 9.80. The van der Waals surface area contributed by atoms with Crippen LogP contribution in [0.3, 0.4) is 0 Å². The molecule has 1 fully saturated rings. The molecule has 3 nitrogen and oxygen atoms in total. The molecule has 1 saturated carbocycles. The molecule has 1 aromatic carbocycles. The Hall–Kier alpha value is -0.870. The van der Waals surface area contributed by atoms with E-state index >= 15 is 0 Å². The van der Waals surface area contributed by atoms with Gasteiger partial charge in [0.05, 0.1) is 4.90 Å². The van der Waals surface area contributed by atoms with Crippen molar-refractivity contribution in [2.45, 2.75) is 30.1 Å². The van der Waals surface area contributed by atoms with Crippen LogP contribution in [0.4, 0.5) is 0 Å². The van der Waals surface area contributed by atoms with Crippen LogP contribution in [0.25, 0.3) is 0 Å². The molecule has 0 aliphatic heterocycles. The summed E-state index contributed by atoms with van der Waals surface area (Å²) in [6.07, 6.45) is 3.71. The first-order valence-corrected chi connectivity index (χ1v) is 6.25. The van der Waals surface area contributed by atoms with Crippen molar-refractivity contribution in [3.8, 4) is 0 Å². The van der Waals surface area contributed by atoms with Crippen LogP contribution in [0, 0.1) is 0 Å². The van der Waals surface area contributed by atoms with Crippen molar-refractivity contribution in [3.63, 3.8) is 0 Å². The Morgan fingerprint density at radius 1 is 1.14 bits per heavy atom.